The quantitative estimate of drug-likeness (QED) is 0.615. The van der Waals surface area contributed by atoms with Gasteiger partial charge in [-0.05, 0) is 55.3 Å². The summed E-state index contributed by atoms with van der Waals surface area (Å²) in [5, 5.41) is 7.99. The van der Waals surface area contributed by atoms with Crippen LogP contribution in [0.3, 0.4) is 0 Å². The van der Waals surface area contributed by atoms with Crippen LogP contribution in [0.2, 0.25) is 0 Å². The average molecular weight is 366 g/mol. The van der Waals surface area contributed by atoms with Gasteiger partial charge in [-0.1, -0.05) is 13.8 Å². The molecular weight excluding hydrogens is 340 g/mol. The largest absolute Gasteiger partial charge is 0.454 e. The molecule has 2 N–H and O–H groups in total. The lowest BCUT2D eigenvalue weighted by Gasteiger charge is -2.11. The van der Waals surface area contributed by atoms with Gasteiger partial charge in [-0.3, -0.25) is 0 Å². The summed E-state index contributed by atoms with van der Waals surface area (Å²) in [5.74, 6) is 2.84. The van der Waals surface area contributed by atoms with E-state index in [4.69, 9.17) is 14.5 Å². The first-order valence-corrected chi connectivity index (χ1v) is 9.49. The lowest BCUT2D eigenvalue weighted by atomic mass is 9.98. The van der Waals surface area contributed by atoms with E-state index in [0.717, 1.165) is 48.2 Å². The van der Waals surface area contributed by atoms with E-state index in [9.17, 15) is 0 Å². The Morgan fingerprint density at radius 3 is 2.89 bits per heavy atom. The van der Waals surface area contributed by atoms with Crippen LogP contribution in [-0.2, 0) is 7.05 Å². The van der Waals surface area contributed by atoms with Crippen molar-refractivity contribution in [2.75, 3.05) is 25.2 Å². The number of pyridine rings is 1. The Labute approximate surface area is 159 Å². The van der Waals surface area contributed by atoms with Crippen molar-refractivity contribution in [1.29, 1.82) is 0 Å². The highest BCUT2D eigenvalue weighted by Gasteiger charge is 2.16. The van der Waals surface area contributed by atoms with Gasteiger partial charge >= 0.3 is 0 Å². The minimum Gasteiger partial charge on any atom is -0.454 e. The number of nitrogens with one attached hydrogen (secondary N) is 2. The molecule has 6 heteroatoms. The number of aromatic nitrogens is 2. The molecule has 1 atom stereocenters. The van der Waals surface area contributed by atoms with Crippen LogP contribution in [0.4, 0.5) is 11.5 Å². The summed E-state index contributed by atoms with van der Waals surface area (Å²) < 4.78 is 12.9. The van der Waals surface area contributed by atoms with Crippen LogP contribution in [0.1, 0.15) is 31.7 Å². The highest BCUT2D eigenvalue weighted by Crippen LogP contribution is 2.35. The maximum atomic E-state index is 5.44. The Kier molecular flexibility index (Phi) is 4.90. The van der Waals surface area contributed by atoms with Crippen molar-refractivity contribution in [2.24, 2.45) is 7.05 Å². The fraction of sp³-hybridized carbons (Fsp3) is 0.381. The van der Waals surface area contributed by atoms with Crippen LogP contribution in [0, 0.1) is 0 Å². The van der Waals surface area contributed by atoms with Crippen LogP contribution in [0.5, 0.6) is 11.5 Å². The van der Waals surface area contributed by atoms with E-state index in [0.29, 0.717) is 5.92 Å². The maximum Gasteiger partial charge on any atom is 0.231 e. The van der Waals surface area contributed by atoms with Crippen molar-refractivity contribution in [1.82, 2.24) is 14.9 Å². The molecule has 0 aliphatic carbocycles. The van der Waals surface area contributed by atoms with Crippen LogP contribution < -0.4 is 20.1 Å². The van der Waals surface area contributed by atoms with Crippen LogP contribution in [0.15, 0.2) is 36.5 Å². The molecule has 0 radical (unpaired) electrons. The molecule has 142 valence electrons. The molecule has 0 saturated carbocycles. The standard InChI is InChI=1S/C21H26N4O2/c1-4-22-10-9-14(2)17-12-25(3)21-16(17)6-8-20(24-21)23-15-5-7-18-19(11-15)27-13-26-18/h5-8,11-12,14,22H,4,9-10,13H2,1-3H3,(H,23,24). The number of nitrogens with zero attached hydrogens (tertiary/aromatic N) is 2. The molecule has 0 bridgehead atoms. The minimum atomic E-state index is 0.279. The summed E-state index contributed by atoms with van der Waals surface area (Å²) >= 11 is 0. The zero-order valence-corrected chi connectivity index (χ0v) is 16.1. The molecule has 0 spiro atoms. The van der Waals surface area contributed by atoms with Crippen LogP contribution in [-0.4, -0.2) is 29.4 Å². The highest BCUT2D eigenvalue weighted by atomic mass is 16.7. The van der Waals surface area contributed by atoms with Gasteiger partial charge in [0.15, 0.2) is 11.5 Å². The molecule has 0 fully saturated rings. The smallest absolute Gasteiger partial charge is 0.231 e. The number of fused-ring (bicyclic) bond motifs is 2. The van der Waals surface area contributed by atoms with E-state index in [2.05, 4.69) is 48.4 Å². The number of hydrogen-bond donors (Lipinski definition) is 2. The molecule has 1 aliphatic rings. The monoisotopic (exact) mass is 366 g/mol. The lowest BCUT2D eigenvalue weighted by Crippen LogP contribution is -2.15. The van der Waals surface area contributed by atoms with Crippen molar-refractivity contribution < 1.29 is 9.47 Å². The number of ether oxygens (including phenoxy) is 2. The Balaban J connectivity index is 1.56. The zero-order chi connectivity index (χ0) is 18.8. The normalized spacial score (nSPS) is 13.9. The van der Waals surface area contributed by atoms with Crippen molar-refractivity contribution >= 4 is 22.5 Å². The zero-order valence-electron chi connectivity index (χ0n) is 16.1. The van der Waals surface area contributed by atoms with E-state index in [-0.39, 0.29) is 6.79 Å². The van der Waals surface area contributed by atoms with E-state index < -0.39 is 0 Å². The Hall–Kier alpha value is -2.73. The van der Waals surface area contributed by atoms with E-state index in [1.807, 2.05) is 24.3 Å². The molecule has 1 unspecified atom stereocenters. The van der Waals surface area contributed by atoms with Crippen molar-refractivity contribution in [3.63, 3.8) is 0 Å². The third kappa shape index (κ3) is 3.57. The molecule has 1 aromatic carbocycles. The minimum absolute atomic E-state index is 0.279. The molecule has 2 aromatic heterocycles. The second kappa shape index (κ2) is 7.48. The van der Waals surface area contributed by atoms with Crippen LogP contribution >= 0.6 is 0 Å². The molecule has 3 heterocycles. The van der Waals surface area contributed by atoms with E-state index in [1.54, 1.807) is 0 Å². The third-order valence-electron chi connectivity index (χ3n) is 5.03. The van der Waals surface area contributed by atoms with Gasteiger partial charge in [0.25, 0.3) is 0 Å². The first-order chi connectivity index (χ1) is 13.2. The Morgan fingerprint density at radius 2 is 2.04 bits per heavy atom. The second-order valence-electron chi connectivity index (χ2n) is 7.00. The van der Waals surface area contributed by atoms with Crippen molar-refractivity contribution in [3.8, 4) is 11.5 Å². The van der Waals surface area contributed by atoms with E-state index in [1.165, 1.54) is 10.9 Å². The van der Waals surface area contributed by atoms with Crippen LogP contribution in [0.25, 0.3) is 11.0 Å². The van der Waals surface area contributed by atoms with Crippen molar-refractivity contribution in [2.45, 2.75) is 26.2 Å². The number of rotatable bonds is 7. The van der Waals surface area contributed by atoms with Gasteiger partial charge in [0.05, 0.1) is 0 Å². The number of aryl methyl sites for hydroxylation is 1. The molecular formula is C21H26N4O2. The first-order valence-electron chi connectivity index (χ1n) is 9.49. The molecule has 3 aromatic rings. The molecule has 0 saturated heterocycles. The number of anilines is 2. The SMILES string of the molecule is CCNCCC(C)c1cn(C)c2nc(Nc3ccc4c(c3)OCO4)ccc12. The summed E-state index contributed by atoms with van der Waals surface area (Å²) in [6, 6.07) is 10.0. The van der Waals surface area contributed by atoms with E-state index >= 15 is 0 Å². The number of hydrogen-bond acceptors (Lipinski definition) is 5. The molecule has 27 heavy (non-hydrogen) atoms. The van der Waals surface area contributed by atoms with Gasteiger partial charge < -0.3 is 24.7 Å². The molecule has 4 rings (SSSR count). The predicted octanol–water partition coefficient (Wildman–Crippen LogP) is 4.15. The summed E-state index contributed by atoms with van der Waals surface area (Å²) in [6.45, 7) is 6.75. The fourth-order valence-electron chi connectivity index (χ4n) is 3.52. The van der Waals surface area contributed by atoms with Gasteiger partial charge in [-0.2, -0.15) is 0 Å². The second-order valence-corrected chi connectivity index (χ2v) is 7.00. The fourth-order valence-corrected chi connectivity index (χ4v) is 3.52. The average Bonchev–Trinajstić information content (AvgIpc) is 3.26. The molecule has 1 aliphatic heterocycles. The van der Waals surface area contributed by atoms with Gasteiger partial charge in [0.2, 0.25) is 6.79 Å². The van der Waals surface area contributed by atoms with Gasteiger partial charge in [-0.15, -0.1) is 0 Å². The molecule has 6 nitrogen and oxygen atoms in total. The predicted molar refractivity (Wildman–Crippen MR) is 108 cm³/mol. The lowest BCUT2D eigenvalue weighted by molar-refractivity contribution is 0.174. The van der Waals surface area contributed by atoms with Crippen molar-refractivity contribution in [3.05, 3.63) is 42.1 Å². The first kappa shape index (κ1) is 17.7. The summed E-state index contributed by atoms with van der Waals surface area (Å²) in [4.78, 5) is 4.83. The van der Waals surface area contributed by atoms with Gasteiger partial charge in [0, 0.05) is 30.4 Å². The summed E-state index contributed by atoms with van der Waals surface area (Å²) in [7, 11) is 2.06. The molecule has 0 amide bonds. The maximum absolute atomic E-state index is 5.44. The van der Waals surface area contributed by atoms with Gasteiger partial charge in [-0.25, -0.2) is 4.98 Å². The highest BCUT2D eigenvalue weighted by molar-refractivity contribution is 5.83. The number of benzene rings is 1. The topological polar surface area (TPSA) is 60.3 Å². The Bertz CT molecular complexity index is 951. The summed E-state index contributed by atoms with van der Waals surface area (Å²) in [6.07, 6.45) is 3.32. The Morgan fingerprint density at radius 1 is 1.19 bits per heavy atom. The van der Waals surface area contributed by atoms with Gasteiger partial charge in [0.1, 0.15) is 11.5 Å². The summed E-state index contributed by atoms with van der Waals surface area (Å²) in [5.41, 5.74) is 3.28. The third-order valence-corrected chi connectivity index (χ3v) is 5.03.